The van der Waals surface area contributed by atoms with Crippen LogP contribution in [-0.2, 0) is 0 Å². The largest absolute Gasteiger partial charge is 0.314 e. The summed E-state index contributed by atoms with van der Waals surface area (Å²) < 4.78 is 0. The zero-order chi connectivity index (χ0) is 13.2. The number of hydrogen-bond donors (Lipinski definition) is 1. The molecule has 1 fully saturated rings. The Morgan fingerprint density at radius 2 is 2.16 bits per heavy atom. The highest BCUT2D eigenvalue weighted by Crippen LogP contribution is 2.40. The maximum atomic E-state index is 4.48. The number of hydrogen-bond acceptors (Lipinski definition) is 2. The van der Waals surface area contributed by atoms with Gasteiger partial charge in [0.2, 0.25) is 0 Å². The van der Waals surface area contributed by atoms with Crippen molar-refractivity contribution in [3.05, 3.63) is 42.1 Å². The van der Waals surface area contributed by atoms with Crippen molar-refractivity contribution in [2.75, 3.05) is 6.54 Å². The van der Waals surface area contributed by atoms with E-state index in [4.69, 9.17) is 0 Å². The second-order valence-electron chi connectivity index (χ2n) is 5.66. The molecule has 2 nitrogen and oxygen atoms in total. The lowest BCUT2D eigenvalue weighted by Crippen LogP contribution is -2.32. The molecule has 1 N–H and O–H groups in total. The third-order valence-electron chi connectivity index (χ3n) is 4.58. The van der Waals surface area contributed by atoms with Crippen molar-refractivity contribution in [1.82, 2.24) is 10.3 Å². The second kappa shape index (κ2) is 5.30. The minimum absolute atomic E-state index is 0.675. The lowest BCUT2D eigenvalue weighted by Gasteiger charge is -2.21. The van der Waals surface area contributed by atoms with Gasteiger partial charge in [-0.15, -0.1) is 0 Å². The molecule has 1 aromatic carbocycles. The van der Waals surface area contributed by atoms with Crippen LogP contribution in [0.1, 0.15) is 38.2 Å². The molecule has 0 radical (unpaired) electrons. The molecule has 2 heteroatoms. The van der Waals surface area contributed by atoms with E-state index in [1.165, 1.54) is 23.8 Å². The highest BCUT2D eigenvalue weighted by molar-refractivity contribution is 5.79. The van der Waals surface area contributed by atoms with Crippen molar-refractivity contribution in [2.24, 2.45) is 5.92 Å². The Kier molecular flexibility index (Phi) is 3.52. The van der Waals surface area contributed by atoms with Gasteiger partial charge in [-0.2, -0.15) is 0 Å². The standard InChI is InChI=1S/C17H22N2/c1-3-18-16-9-8-15(12(16)2)14-7-6-13-5-4-10-19-17(13)11-14/h4-7,10-12,15-16,18H,3,8-9H2,1-2H3. The SMILES string of the molecule is CCNC1CCC(c2ccc3cccnc3c2)C1C. The molecule has 1 saturated carbocycles. The number of benzene rings is 1. The van der Waals surface area contributed by atoms with E-state index < -0.39 is 0 Å². The smallest absolute Gasteiger partial charge is 0.0704 e. The van der Waals surface area contributed by atoms with E-state index in [-0.39, 0.29) is 0 Å². The van der Waals surface area contributed by atoms with Crippen molar-refractivity contribution in [2.45, 2.75) is 38.6 Å². The molecule has 1 aromatic heterocycles. The maximum Gasteiger partial charge on any atom is 0.0704 e. The first-order valence-electron chi connectivity index (χ1n) is 7.37. The van der Waals surface area contributed by atoms with Crippen molar-refractivity contribution in [1.29, 1.82) is 0 Å². The number of fused-ring (bicyclic) bond motifs is 1. The number of aromatic nitrogens is 1. The lowest BCUT2D eigenvalue weighted by atomic mass is 9.88. The quantitative estimate of drug-likeness (QED) is 0.903. The van der Waals surface area contributed by atoms with Crippen LogP contribution in [0.25, 0.3) is 10.9 Å². The third-order valence-corrected chi connectivity index (χ3v) is 4.58. The van der Waals surface area contributed by atoms with Crippen LogP contribution in [0.5, 0.6) is 0 Å². The van der Waals surface area contributed by atoms with Crippen LogP contribution in [0.15, 0.2) is 36.5 Å². The van der Waals surface area contributed by atoms with Gasteiger partial charge in [-0.1, -0.05) is 32.0 Å². The van der Waals surface area contributed by atoms with Crippen LogP contribution < -0.4 is 5.32 Å². The maximum absolute atomic E-state index is 4.48. The highest BCUT2D eigenvalue weighted by Gasteiger charge is 2.33. The second-order valence-corrected chi connectivity index (χ2v) is 5.66. The van der Waals surface area contributed by atoms with Crippen LogP contribution in [0.2, 0.25) is 0 Å². The van der Waals surface area contributed by atoms with Crippen LogP contribution in [0.3, 0.4) is 0 Å². The molecule has 1 heterocycles. The van der Waals surface area contributed by atoms with Gasteiger partial charge in [0.1, 0.15) is 0 Å². The molecule has 0 spiro atoms. The van der Waals surface area contributed by atoms with Crippen molar-refractivity contribution in [3.63, 3.8) is 0 Å². The van der Waals surface area contributed by atoms with Crippen LogP contribution >= 0.6 is 0 Å². The zero-order valence-corrected chi connectivity index (χ0v) is 11.8. The summed E-state index contributed by atoms with van der Waals surface area (Å²) in [5.74, 6) is 1.39. The molecule has 1 aliphatic rings. The number of nitrogens with zero attached hydrogens (tertiary/aromatic N) is 1. The monoisotopic (exact) mass is 254 g/mol. The number of pyridine rings is 1. The topological polar surface area (TPSA) is 24.9 Å². The Morgan fingerprint density at radius 1 is 1.26 bits per heavy atom. The minimum Gasteiger partial charge on any atom is -0.314 e. The van der Waals surface area contributed by atoms with Gasteiger partial charge < -0.3 is 5.32 Å². The zero-order valence-electron chi connectivity index (χ0n) is 11.8. The van der Waals surface area contributed by atoms with Gasteiger partial charge in [0.25, 0.3) is 0 Å². The Labute approximate surface area is 115 Å². The fourth-order valence-electron chi connectivity index (χ4n) is 3.50. The van der Waals surface area contributed by atoms with Crippen molar-refractivity contribution >= 4 is 10.9 Å². The molecule has 19 heavy (non-hydrogen) atoms. The molecule has 1 aliphatic carbocycles. The number of rotatable bonds is 3. The predicted molar refractivity (Wildman–Crippen MR) is 80.3 cm³/mol. The van der Waals surface area contributed by atoms with Crippen molar-refractivity contribution < 1.29 is 0 Å². The van der Waals surface area contributed by atoms with E-state index in [1.807, 2.05) is 12.3 Å². The molecule has 0 aliphatic heterocycles. The van der Waals surface area contributed by atoms with Gasteiger partial charge in [-0.05, 0) is 48.9 Å². The molecule has 0 bridgehead atoms. The fraction of sp³-hybridized carbons (Fsp3) is 0.471. The summed E-state index contributed by atoms with van der Waals surface area (Å²) in [6.07, 6.45) is 4.46. The number of nitrogens with one attached hydrogen (secondary N) is 1. The molecule has 0 saturated heterocycles. The van der Waals surface area contributed by atoms with Gasteiger partial charge in [-0.3, -0.25) is 4.98 Å². The summed E-state index contributed by atoms with van der Waals surface area (Å²) in [6, 6.07) is 11.6. The van der Waals surface area contributed by atoms with E-state index in [1.54, 1.807) is 0 Å². The Morgan fingerprint density at radius 3 is 3.00 bits per heavy atom. The van der Waals surface area contributed by atoms with Crippen LogP contribution in [0.4, 0.5) is 0 Å². The summed E-state index contributed by atoms with van der Waals surface area (Å²) in [5.41, 5.74) is 2.58. The highest BCUT2D eigenvalue weighted by atomic mass is 14.9. The average Bonchev–Trinajstić information content (AvgIpc) is 2.80. The molecule has 0 amide bonds. The summed E-state index contributed by atoms with van der Waals surface area (Å²) in [6.45, 7) is 5.65. The van der Waals surface area contributed by atoms with Crippen LogP contribution in [0, 0.1) is 5.92 Å². The van der Waals surface area contributed by atoms with E-state index in [9.17, 15) is 0 Å². The van der Waals surface area contributed by atoms with Crippen LogP contribution in [-0.4, -0.2) is 17.6 Å². The van der Waals surface area contributed by atoms with Crippen molar-refractivity contribution in [3.8, 4) is 0 Å². The predicted octanol–water partition coefficient (Wildman–Crippen LogP) is 3.73. The Hall–Kier alpha value is -1.41. The summed E-state index contributed by atoms with van der Waals surface area (Å²) in [4.78, 5) is 4.48. The molecule has 3 atom stereocenters. The van der Waals surface area contributed by atoms with Gasteiger partial charge >= 0.3 is 0 Å². The first kappa shape index (κ1) is 12.6. The molecular weight excluding hydrogens is 232 g/mol. The van der Waals surface area contributed by atoms with E-state index in [0.29, 0.717) is 17.9 Å². The van der Waals surface area contributed by atoms with Gasteiger partial charge in [-0.25, -0.2) is 0 Å². The Bertz CT molecular complexity index is 564. The minimum atomic E-state index is 0.675. The molecule has 3 rings (SSSR count). The summed E-state index contributed by atoms with van der Waals surface area (Å²) in [5, 5.41) is 4.85. The third kappa shape index (κ3) is 2.37. The summed E-state index contributed by atoms with van der Waals surface area (Å²) >= 11 is 0. The average molecular weight is 254 g/mol. The van der Waals surface area contributed by atoms with Gasteiger partial charge in [0.15, 0.2) is 0 Å². The lowest BCUT2D eigenvalue weighted by molar-refractivity contribution is 0.412. The molecule has 100 valence electrons. The first-order valence-corrected chi connectivity index (χ1v) is 7.37. The fourth-order valence-corrected chi connectivity index (χ4v) is 3.50. The normalized spacial score (nSPS) is 26.9. The molecule has 2 aromatic rings. The van der Waals surface area contributed by atoms with E-state index in [0.717, 1.165) is 12.1 Å². The van der Waals surface area contributed by atoms with Gasteiger partial charge in [0, 0.05) is 17.6 Å². The van der Waals surface area contributed by atoms with Gasteiger partial charge in [0.05, 0.1) is 5.52 Å². The van der Waals surface area contributed by atoms with E-state index in [2.05, 4.69) is 48.4 Å². The van der Waals surface area contributed by atoms with E-state index >= 15 is 0 Å². The molecular formula is C17H22N2. The summed E-state index contributed by atoms with van der Waals surface area (Å²) in [7, 11) is 0. The molecule has 3 unspecified atom stereocenters. The first-order chi connectivity index (χ1) is 9.29. The Balaban J connectivity index is 1.88.